The standard InChI is InChI=1S/C6H11N3O/c1-4-2-5(8-9-7)6(10)3-4/h4-6,10H,2-3H2,1H3/t4-,5+,6+/m1/s1. The van der Waals surface area contributed by atoms with Crippen LogP contribution in [0.15, 0.2) is 5.11 Å². The molecule has 1 N–H and O–H groups in total. The van der Waals surface area contributed by atoms with Crippen molar-refractivity contribution in [3.63, 3.8) is 0 Å². The zero-order chi connectivity index (χ0) is 7.56. The van der Waals surface area contributed by atoms with Crippen LogP contribution >= 0.6 is 0 Å². The van der Waals surface area contributed by atoms with Crippen LogP contribution in [-0.2, 0) is 0 Å². The van der Waals surface area contributed by atoms with Crippen LogP contribution in [-0.4, -0.2) is 17.3 Å². The van der Waals surface area contributed by atoms with Crippen LogP contribution in [0.5, 0.6) is 0 Å². The minimum Gasteiger partial charge on any atom is -0.393 e. The molecule has 0 radical (unpaired) electrons. The van der Waals surface area contributed by atoms with Crippen LogP contribution in [0.1, 0.15) is 19.8 Å². The third-order valence-electron chi connectivity index (χ3n) is 1.93. The zero-order valence-corrected chi connectivity index (χ0v) is 5.94. The van der Waals surface area contributed by atoms with E-state index in [-0.39, 0.29) is 6.04 Å². The Morgan fingerprint density at radius 2 is 2.30 bits per heavy atom. The van der Waals surface area contributed by atoms with Crippen LogP contribution in [0.25, 0.3) is 10.4 Å². The maximum absolute atomic E-state index is 9.23. The van der Waals surface area contributed by atoms with E-state index in [0.717, 1.165) is 12.8 Å². The monoisotopic (exact) mass is 141 g/mol. The summed E-state index contributed by atoms with van der Waals surface area (Å²) in [6, 6.07) is -0.181. The zero-order valence-electron chi connectivity index (χ0n) is 5.94. The van der Waals surface area contributed by atoms with Gasteiger partial charge in [-0.1, -0.05) is 12.0 Å². The first-order chi connectivity index (χ1) is 4.74. The summed E-state index contributed by atoms with van der Waals surface area (Å²) in [5.74, 6) is 0.491. The molecule has 0 aromatic carbocycles. The summed E-state index contributed by atoms with van der Waals surface area (Å²) in [6.07, 6.45) is 1.18. The van der Waals surface area contributed by atoms with Crippen LogP contribution in [0.4, 0.5) is 0 Å². The van der Waals surface area contributed by atoms with Gasteiger partial charge in [-0.2, -0.15) is 0 Å². The Hall–Kier alpha value is -0.730. The highest BCUT2D eigenvalue weighted by Crippen LogP contribution is 2.27. The molecule has 0 spiro atoms. The van der Waals surface area contributed by atoms with Gasteiger partial charge in [-0.15, -0.1) is 0 Å². The van der Waals surface area contributed by atoms with E-state index in [1.807, 2.05) is 0 Å². The summed E-state index contributed by atoms with van der Waals surface area (Å²) in [6.45, 7) is 2.05. The lowest BCUT2D eigenvalue weighted by Crippen LogP contribution is -2.15. The Bertz CT molecular complexity index is 164. The maximum Gasteiger partial charge on any atom is 0.0636 e. The molecule has 1 aliphatic carbocycles. The second kappa shape index (κ2) is 2.90. The number of aliphatic hydroxyl groups excluding tert-OH is 1. The second-order valence-corrected chi connectivity index (χ2v) is 2.92. The van der Waals surface area contributed by atoms with E-state index in [2.05, 4.69) is 16.9 Å². The van der Waals surface area contributed by atoms with E-state index >= 15 is 0 Å². The molecule has 1 saturated carbocycles. The molecular formula is C6H11N3O. The third-order valence-corrected chi connectivity index (χ3v) is 1.93. The van der Waals surface area contributed by atoms with Gasteiger partial charge >= 0.3 is 0 Å². The molecular weight excluding hydrogens is 130 g/mol. The molecule has 1 rings (SSSR count). The van der Waals surface area contributed by atoms with Crippen molar-refractivity contribution in [3.05, 3.63) is 10.4 Å². The lowest BCUT2D eigenvalue weighted by molar-refractivity contribution is 0.162. The molecule has 3 atom stereocenters. The van der Waals surface area contributed by atoms with E-state index < -0.39 is 6.10 Å². The maximum atomic E-state index is 9.23. The Morgan fingerprint density at radius 3 is 2.70 bits per heavy atom. The van der Waals surface area contributed by atoms with Crippen molar-refractivity contribution in [1.82, 2.24) is 0 Å². The lowest BCUT2D eigenvalue weighted by Gasteiger charge is -2.04. The Morgan fingerprint density at radius 1 is 1.60 bits per heavy atom. The molecule has 56 valence electrons. The number of hydrogen-bond acceptors (Lipinski definition) is 2. The van der Waals surface area contributed by atoms with Crippen LogP contribution in [0, 0.1) is 5.92 Å². The van der Waals surface area contributed by atoms with Crippen molar-refractivity contribution in [2.24, 2.45) is 11.0 Å². The Labute approximate surface area is 59.5 Å². The molecule has 0 aromatic heterocycles. The summed E-state index contributed by atoms with van der Waals surface area (Å²) in [5, 5.41) is 12.7. The van der Waals surface area contributed by atoms with Gasteiger partial charge in [0.25, 0.3) is 0 Å². The molecule has 0 amide bonds. The topological polar surface area (TPSA) is 69.0 Å². The summed E-state index contributed by atoms with van der Waals surface area (Å²) >= 11 is 0. The highest BCUT2D eigenvalue weighted by Gasteiger charge is 2.29. The fourth-order valence-electron chi connectivity index (χ4n) is 1.43. The van der Waals surface area contributed by atoms with Crippen molar-refractivity contribution >= 4 is 0 Å². The molecule has 4 nitrogen and oxygen atoms in total. The average molecular weight is 141 g/mol. The van der Waals surface area contributed by atoms with Crippen molar-refractivity contribution < 1.29 is 5.11 Å². The van der Waals surface area contributed by atoms with Gasteiger partial charge in [-0.3, -0.25) is 0 Å². The van der Waals surface area contributed by atoms with Gasteiger partial charge in [0.1, 0.15) is 0 Å². The molecule has 4 heteroatoms. The summed E-state index contributed by atoms with van der Waals surface area (Å²) in [7, 11) is 0. The first-order valence-electron chi connectivity index (χ1n) is 3.46. The number of nitrogens with zero attached hydrogens (tertiary/aromatic N) is 3. The van der Waals surface area contributed by atoms with E-state index in [1.54, 1.807) is 0 Å². The molecule has 0 aromatic rings. The minimum absolute atomic E-state index is 0.181. The van der Waals surface area contributed by atoms with Crippen molar-refractivity contribution in [3.8, 4) is 0 Å². The fourth-order valence-corrected chi connectivity index (χ4v) is 1.43. The van der Waals surface area contributed by atoms with E-state index in [0.29, 0.717) is 5.92 Å². The molecule has 1 aliphatic rings. The summed E-state index contributed by atoms with van der Waals surface area (Å²) in [4.78, 5) is 2.67. The predicted octanol–water partition coefficient (Wildman–Crippen LogP) is 1.46. The number of rotatable bonds is 1. The summed E-state index contributed by atoms with van der Waals surface area (Å²) < 4.78 is 0. The molecule has 0 aliphatic heterocycles. The van der Waals surface area contributed by atoms with Crippen molar-refractivity contribution in [2.45, 2.75) is 31.9 Å². The van der Waals surface area contributed by atoms with Gasteiger partial charge in [0.05, 0.1) is 12.1 Å². The van der Waals surface area contributed by atoms with Gasteiger partial charge in [-0.25, -0.2) is 0 Å². The normalized spacial score (nSPS) is 39.2. The predicted molar refractivity (Wildman–Crippen MR) is 37.3 cm³/mol. The Kier molecular flexibility index (Phi) is 2.14. The van der Waals surface area contributed by atoms with Crippen molar-refractivity contribution in [1.29, 1.82) is 0 Å². The van der Waals surface area contributed by atoms with Gasteiger partial charge in [0, 0.05) is 4.91 Å². The first-order valence-corrected chi connectivity index (χ1v) is 3.46. The SMILES string of the molecule is C[C@@H]1C[C@H](N=[N+]=[N-])[C@@H](O)C1. The first kappa shape index (κ1) is 7.38. The average Bonchev–Trinajstić information content (AvgIpc) is 2.13. The minimum atomic E-state index is -0.411. The molecule has 0 saturated heterocycles. The van der Waals surface area contributed by atoms with E-state index in [1.165, 1.54) is 0 Å². The molecule has 0 heterocycles. The number of hydrogen-bond donors (Lipinski definition) is 1. The third kappa shape index (κ3) is 1.40. The number of azide groups is 1. The van der Waals surface area contributed by atoms with Gasteiger partial charge in [-0.05, 0) is 24.3 Å². The van der Waals surface area contributed by atoms with Gasteiger partial charge < -0.3 is 5.11 Å². The molecule has 0 unspecified atom stereocenters. The largest absolute Gasteiger partial charge is 0.393 e. The second-order valence-electron chi connectivity index (χ2n) is 2.92. The van der Waals surface area contributed by atoms with Gasteiger partial charge in [0.2, 0.25) is 0 Å². The van der Waals surface area contributed by atoms with Crippen molar-refractivity contribution in [2.75, 3.05) is 0 Å². The van der Waals surface area contributed by atoms with E-state index in [9.17, 15) is 5.11 Å². The molecule has 10 heavy (non-hydrogen) atoms. The lowest BCUT2D eigenvalue weighted by atomic mass is 10.1. The van der Waals surface area contributed by atoms with Crippen LogP contribution in [0.3, 0.4) is 0 Å². The van der Waals surface area contributed by atoms with Crippen LogP contribution in [0.2, 0.25) is 0 Å². The van der Waals surface area contributed by atoms with Gasteiger partial charge in [0.15, 0.2) is 0 Å². The van der Waals surface area contributed by atoms with Crippen LogP contribution < -0.4 is 0 Å². The molecule has 0 bridgehead atoms. The molecule has 1 fully saturated rings. The van der Waals surface area contributed by atoms with E-state index in [4.69, 9.17) is 5.53 Å². The summed E-state index contributed by atoms with van der Waals surface area (Å²) in [5.41, 5.74) is 8.08. The quantitative estimate of drug-likeness (QED) is 0.335. The highest BCUT2D eigenvalue weighted by atomic mass is 16.3. The Balaban J connectivity index is 2.54. The number of aliphatic hydroxyl groups is 1. The fraction of sp³-hybridized carbons (Fsp3) is 1.00. The highest BCUT2D eigenvalue weighted by molar-refractivity contribution is 4.86. The smallest absolute Gasteiger partial charge is 0.0636 e.